The number of rotatable bonds is 3. The molecule has 76 valence electrons. The third-order valence-corrected chi connectivity index (χ3v) is 1.80. The largest absolute Gasteiger partial charge is 0.478 e. The van der Waals surface area contributed by atoms with Gasteiger partial charge in [0, 0.05) is 11.6 Å². The van der Waals surface area contributed by atoms with E-state index in [1.807, 2.05) is 0 Å². The van der Waals surface area contributed by atoms with Crippen molar-refractivity contribution in [3.8, 4) is 6.07 Å². The van der Waals surface area contributed by atoms with Gasteiger partial charge in [0.1, 0.15) is 0 Å². The van der Waals surface area contributed by atoms with E-state index in [9.17, 15) is 14.9 Å². The highest BCUT2D eigenvalue weighted by atomic mass is 16.6. The minimum Gasteiger partial charge on any atom is -0.478 e. The number of aromatic carboxylic acids is 1. The average Bonchev–Trinajstić information content (AvgIpc) is 2.18. The first-order valence-electron chi connectivity index (χ1n) is 3.94. The standard InChI is InChI=1S/C9H6N2O4/c10-4-3-6-1-2-7(9(12)13)5-8(6)11(14)15/h1-2,5H,3H2,(H,12,13). The summed E-state index contributed by atoms with van der Waals surface area (Å²) in [6, 6.07) is 5.25. The van der Waals surface area contributed by atoms with Crippen LogP contribution >= 0.6 is 0 Å². The second-order valence-electron chi connectivity index (χ2n) is 2.74. The van der Waals surface area contributed by atoms with E-state index in [1.165, 1.54) is 12.1 Å². The number of nitrogens with zero attached hydrogens (tertiary/aromatic N) is 2. The van der Waals surface area contributed by atoms with Gasteiger partial charge in [0.15, 0.2) is 0 Å². The summed E-state index contributed by atoms with van der Waals surface area (Å²) in [7, 11) is 0. The van der Waals surface area contributed by atoms with Crippen LogP contribution in [0.15, 0.2) is 18.2 Å². The lowest BCUT2D eigenvalue weighted by Gasteiger charge is -1.99. The number of carbonyl (C=O) groups is 1. The topological polar surface area (TPSA) is 104 Å². The highest BCUT2D eigenvalue weighted by Gasteiger charge is 2.16. The molecule has 0 aliphatic carbocycles. The molecule has 0 saturated carbocycles. The Labute approximate surface area is 84.5 Å². The van der Waals surface area contributed by atoms with Crippen LogP contribution in [-0.2, 0) is 6.42 Å². The number of nitriles is 1. The quantitative estimate of drug-likeness (QED) is 0.593. The van der Waals surface area contributed by atoms with Crippen molar-refractivity contribution in [3.63, 3.8) is 0 Å². The molecule has 0 unspecified atom stereocenters. The molecular weight excluding hydrogens is 200 g/mol. The predicted octanol–water partition coefficient (Wildman–Crippen LogP) is 1.36. The molecule has 15 heavy (non-hydrogen) atoms. The Morgan fingerprint density at radius 3 is 2.73 bits per heavy atom. The van der Waals surface area contributed by atoms with Crippen LogP contribution in [0.2, 0.25) is 0 Å². The Morgan fingerprint density at radius 2 is 2.27 bits per heavy atom. The van der Waals surface area contributed by atoms with Gasteiger partial charge in [-0.3, -0.25) is 10.1 Å². The van der Waals surface area contributed by atoms with Crippen molar-refractivity contribution in [2.75, 3.05) is 0 Å². The molecule has 0 saturated heterocycles. The van der Waals surface area contributed by atoms with Gasteiger partial charge in [-0.05, 0) is 6.07 Å². The summed E-state index contributed by atoms with van der Waals surface area (Å²) in [6.07, 6.45) is -0.115. The molecule has 0 aliphatic rings. The number of nitro groups is 1. The van der Waals surface area contributed by atoms with E-state index in [1.54, 1.807) is 6.07 Å². The predicted molar refractivity (Wildman–Crippen MR) is 49.4 cm³/mol. The molecule has 1 rings (SSSR count). The van der Waals surface area contributed by atoms with Gasteiger partial charge in [0.2, 0.25) is 0 Å². The molecule has 0 aliphatic heterocycles. The van der Waals surface area contributed by atoms with Crippen molar-refractivity contribution in [2.24, 2.45) is 0 Å². The van der Waals surface area contributed by atoms with E-state index < -0.39 is 10.9 Å². The van der Waals surface area contributed by atoms with Gasteiger partial charge in [-0.1, -0.05) is 6.07 Å². The highest BCUT2D eigenvalue weighted by Crippen LogP contribution is 2.20. The number of hydrogen-bond donors (Lipinski definition) is 1. The van der Waals surface area contributed by atoms with Crippen LogP contribution in [0.4, 0.5) is 5.69 Å². The van der Waals surface area contributed by atoms with Crippen LogP contribution in [0.3, 0.4) is 0 Å². The summed E-state index contributed by atoms with van der Waals surface area (Å²) in [5, 5.41) is 27.6. The zero-order valence-electron chi connectivity index (χ0n) is 7.51. The van der Waals surface area contributed by atoms with Crippen LogP contribution in [0, 0.1) is 21.4 Å². The molecule has 1 aromatic rings. The summed E-state index contributed by atoms with van der Waals surface area (Å²) < 4.78 is 0. The Kier molecular flexibility index (Phi) is 2.98. The Balaban J connectivity index is 3.28. The monoisotopic (exact) mass is 206 g/mol. The minimum atomic E-state index is -1.23. The molecule has 0 atom stereocenters. The van der Waals surface area contributed by atoms with Gasteiger partial charge < -0.3 is 5.11 Å². The second kappa shape index (κ2) is 4.19. The van der Waals surface area contributed by atoms with Crippen molar-refractivity contribution < 1.29 is 14.8 Å². The van der Waals surface area contributed by atoms with Gasteiger partial charge in [0.05, 0.1) is 23.0 Å². The number of carboxylic acids is 1. The van der Waals surface area contributed by atoms with E-state index in [-0.39, 0.29) is 23.2 Å². The number of carboxylic acid groups (broad SMARTS) is 1. The van der Waals surface area contributed by atoms with E-state index in [4.69, 9.17) is 10.4 Å². The van der Waals surface area contributed by atoms with Gasteiger partial charge in [-0.2, -0.15) is 5.26 Å². The first kappa shape index (κ1) is 10.7. The summed E-state index contributed by atoms with van der Waals surface area (Å²) in [5.74, 6) is -1.23. The van der Waals surface area contributed by atoms with Crippen molar-refractivity contribution >= 4 is 11.7 Å². The Morgan fingerprint density at radius 1 is 1.60 bits per heavy atom. The molecule has 6 heteroatoms. The third-order valence-electron chi connectivity index (χ3n) is 1.80. The summed E-state index contributed by atoms with van der Waals surface area (Å²) >= 11 is 0. The Bertz CT molecular complexity index is 462. The maximum Gasteiger partial charge on any atom is 0.335 e. The fourth-order valence-corrected chi connectivity index (χ4v) is 1.10. The van der Waals surface area contributed by atoms with Gasteiger partial charge in [0.25, 0.3) is 5.69 Å². The third kappa shape index (κ3) is 2.28. The number of hydrogen-bond acceptors (Lipinski definition) is 4. The van der Waals surface area contributed by atoms with Gasteiger partial charge >= 0.3 is 5.97 Å². The lowest BCUT2D eigenvalue weighted by atomic mass is 10.1. The van der Waals surface area contributed by atoms with Crippen LogP contribution < -0.4 is 0 Å². The zero-order chi connectivity index (χ0) is 11.4. The van der Waals surface area contributed by atoms with Gasteiger partial charge in [-0.25, -0.2) is 4.79 Å². The normalized spacial score (nSPS) is 9.27. The van der Waals surface area contributed by atoms with Crippen molar-refractivity contribution in [1.82, 2.24) is 0 Å². The maximum atomic E-state index is 10.6. The van der Waals surface area contributed by atoms with E-state index in [0.29, 0.717) is 0 Å². The molecule has 0 amide bonds. The molecule has 0 heterocycles. The fourth-order valence-electron chi connectivity index (χ4n) is 1.10. The second-order valence-corrected chi connectivity index (χ2v) is 2.74. The van der Waals surface area contributed by atoms with Crippen molar-refractivity contribution in [3.05, 3.63) is 39.4 Å². The smallest absolute Gasteiger partial charge is 0.335 e. The molecule has 0 spiro atoms. The SMILES string of the molecule is N#CCc1ccc(C(=O)O)cc1[N+](=O)[O-]. The van der Waals surface area contributed by atoms with Crippen molar-refractivity contribution in [2.45, 2.75) is 6.42 Å². The van der Waals surface area contributed by atoms with Crippen LogP contribution in [0.25, 0.3) is 0 Å². The maximum absolute atomic E-state index is 10.6. The first-order chi connectivity index (χ1) is 7.06. The minimum absolute atomic E-state index is 0.115. The number of nitro benzene ring substituents is 1. The molecule has 0 bridgehead atoms. The molecular formula is C9H6N2O4. The fraction of sp³-hybridized carbons (Fsp3) is 0.111. The lowest BCUT2D eigenvalue weighted by molar-refractivity contribution is -0.385. The van der Waals surface area contributed by atoms with E-state index in [2.05, 4.69) is 0 Å². The first-order valence-corrected chi connectivity index (χ1v) is 3.94. The molecule has 1 N–H and O–H groups in total. The lowest BCUT2D eigenvalue weighted by Crippen LogP contribution is -2.01. The molecule has 0 aromatic heterocycles. The molecule has 0 radical (unpaired) electrons. The number of benzene rings is 1. The van der Waals surface area contributed by atoms with Crippen LogP contribution in [0.5, 0.6) is 0 Å². The summed E-state index contributed by atoms with van der Waals surface area (Å²) in [5.41, 5.74) is -0.285. The molecule has 6 nitrogen and oxygen atoms in total. The van der Waals surface area contributed by atoms with Crippen LogP contribution in [-0.4, -0.2) is 16.0 Å². The molecule has 1 aromatic carbocycles. The van der Waals surface area contributed by atoms with E-state index in [0.717, 1.165) is 6.07 Å². The average molecular weight is 206 g/mol. The van der Waals surface area contributed by atoms with E-state index >= 15 is 0 Å². The van der Waals surface area contributed by atoms with Gasteiger partial charge in [-0.15, -0.1) is 0 Å². The van der Waals surface area contributed by atoms with Crippen molar-refractivity contribution in [1.29, 1.82) is 5.26 Å². The van der Waals surface area contributed by atoms with Crippen LogP contribution in [0.1, 0.15) is 15.9 Å². The zero-order valence-corrected chi connectivity index (χ0v) is 7.51. The highest BCUT2D eigenvalue weighted by molar-refractivity contribution is 5.88. The summed E-state index contributed by atoms with van der Waals surface area (Å²) in [6.45, 7) is 0. The molecule has 0 fully saturated rings. The summed E-state index contributed by atoms with van der Waals surface area (Å²) in [4.78, 5) is 20.4. The Hall–Kier alpha value is -2.42.